The number of carbonyl (C=O) groups is 2. The van der Waals surface area contributed by atoms with Crippen LogP contribution in [0.3, 0.4) is 0 Å². The van der Waals surface area contributed by atoms with E-state index in [-0.39, 0.29) is 12.5 Å². The molecule has 8 nitrogen and oxygen atoms in total. The molecule has 0 saturated carbocycles. The first kappa shape index (κ1) is 26.2. The maximum atomic E-state index is 13.1. The lowest BCUT2D eigenvalue weighted by atomic mass is 9.79. The molecular weight excluding hydrogens is 434 g/mol. The molecule has 0 bridgehead atoms. The number of nitrogens with one attached hydrogen (secondary N) is 2. The third kappa shape index (κ3) is 7.55. The van der Waals surface area contributed by atoms with E-state index in [9.17, 15) is 14.7 Å². The number of likely N-dealkylation sites (tertiary alicyclic amines) is 1. The van der Waals surface area contributed by atoms with Gasteiger partial charge in [-0.1, -0.05) is 42.0 Å². The average Bonchev–Trinajstić information content (AvgIpc) is 2.81. The Kier molecular flexibility index (Phi) is 9.10. The normalized spacial score (nSPS) is 22.7. The summed E-state index contributed by atoms with van der Waals surface area (Å²) in [4.78, 5) is 32.7. The lowest BCUT2D eigenvalue weighted by Crippen LogP contribution is -2.56. The Hall–Kier alpha value is -2.42. The zero-order chi connectivity index (χ0) is 24.7. The van der Waals surface area contributed by atoms with Gasteiger partial charge in [0.2, 0.25) is 0 Å². The molecule has 3 rings (SSSR count). The van der Waals surface area contributed by atoms with Gasteiger partial charge < -0.3 is 15.2 Å². The van der Waals surface area contributed by atoms with Crippen molar-refractivity contribution in [3.8, 4) is 0 Å². The van der Waals surface area contributed by atoms with Crippen LogP contribution in [0.2, 0.25) is 0 Å². The Bertz CT molecular complexity index is 852. The molecule has 4 atom stereocenters. The average molecular weight is 474 g/mol. The summed E-state index contributed by atoms with van der Waals surface area (Å²) < 4.78 is 5.53. The largest absolute Gasteiger partial charge is 0.443 e. The van der Waals surface area contributed by atoms with Crippen LogP contribution in [0.15, 0.2) is 42.0 Å². The number of ether oxygens (including phenoxy) is 1. The molecule has 1 aliphatic carbocycles. The highest BCUT2D eigenvalue weighted by molar-refractivity contribution is 5.81. The molecule has 1 heterocycles. The summed E-state index contributed by atoms with van der Waals surface area (Å²) in [5.74, 6) is 0.161. The van der Waals surface area contributed by atoms with Crippen LogP contribution in [0.4, 0.5) is 4.79 Å². The van der Waals surface area contributed by atoms with E-state index < -0.39 is 29.9 Å². The highest BCUT2D eigenvalue weighted by Gasteiger charge is 2.39. The number of carbonyl (C=O) groups excluding carboxylic acids is 2. The molecule has 0 radical (unpaired) electrons. The van der Waals surface area contributed by atoms with Crippen LogP contribution < -0.4 is 10.8 Å². The molecule has 1 aromatic rings. The quantitative estimate of drug-likeness (QED) is 0.397. The van der Waals surface area contributed by atoms with E-state index in [1.807, 2.05) is 56.0 Å². The molecule has 1 fully saturated rings. The van der Waals surface area contributed by atoms with Gasteiger partial charge in [-0.25, -0.2) is 10.3 Å². The number of β-amino-alcohol motifs (C(OH)–C–C–N with tert-alkyl or cyclic N) is 1. The van der Waals surface area contributed by atoms with E-state index >= 15 is 0 Å². The van der Waals surface area contributed by atoms with Crippen molar-refractivity contribution < 1.29 is 24.3 Å². The third-order valence-electron chi connectivity index (χ3n) is 6.38. The minimum Gasteiger partial charge on any atom is -0.443 e. The molecule has 2 aliphatic rings. The van der Waals surface area contributed by atoms with E-state index in [0.29, 0.717) is 25.3 Å². The van der Waals surface area contributed by atoms with Crippen LogP contribution in [0, 0.1) is 5.92 Å². The fraction of sp³-hybridized carbons (Fsp3) is 0.615. The van der Waals surface area contributed by atoms with Crippen LogP contribution in [0.1, 0.15) is 52.0 Å². The van der Waals surface area contributed by atoms with Crippen molar-refractivity contribution in [3.63, 3.8) is 0 Å². The minimum atomic E-state index is -0.975. The van der Waals surface area contributed by atoms with Crippen molar-refractivity contribution in [2.75, 3.05) is 20.1 Å². The Morgan fingerprint density at radius 3 is 2.65 bits per heavy atom. The molecule has 0 unspecified atom stereocenters. The van der Waals surface area contributed by atoms with Gasteiger partial charge in [0.1, 0.15) is 12.2 Å². The topological polar surface area (TPSA) is 100 Å². The van der Waals surface area contributed by atoms with Crippen molar-refractivity contribution in [3.05, 3.63) is 47.5 Å². The molecule has 8 heteroatoms. The second-order valence-electron chi connectivity index (χ2n) is 10.2. The third-order valence-corrected chi connectivity index (χ3v) is 6.38. The van der Waals surface area contributed by atoms with Crippen molar-refractivity contribution in [1.82, 2.24) is 15.7 Å². The van der Waals surface area contributed by atoms with Gasteiger partial charge in [-0.2, -0.15) is 0 Å². The number of nitrogens with zero attached hydrogens (tertiary/aromatic N) is 1. The van der Waals surface area contributed by atoms with Crippen LogP contribution in [-0.2, 0) is 20.8 Å². The summed E-state index contributed by atoms with van der Waals surface area (Å²) in [5, 5.41) is 13.7. The number of fused-ring (bicyclic) bond motifs is 1. The molecular formula is C26H39N3O5. The first-order valence-corrected chi connectivity index (χ1v) is 12.2. The smallest absolute Gasteiger partial charge is 0.407 e. The van der Waals surface area contributed by atoms with E-state index in [1.165, 1.54) is 12.6 Å². The van der Waals surface area contributed by atoms with E-state index in [4.69, 9.17) is 9.57 Å². The summed E-state index contributed by atoms with van der Waals surface area (Å²) in [6, 6.07) is 9.17. The summed E-state index contributed by atoms with van der Waals surface area (Å²) in [7, 11) is 1.49. The summed E-state index contributed by atoms with van der Waals surface area (Å²) in [5.41, 5.74) is 4.40. The number of hydrogen-bond donors (Lipinski definition) is 3. The predicted octanol–water partition coefficient (Wildman–Crippen LogP) is 2.96. The number of hydroxylamine groups is 1. The second-order valence-corrected chi connectivity index (χ2v) is 10.2. The Balaban J connectivity index is 1.76. The van der Waals surface area contributed by atoms with Gasteiger partial charge in [0.15, 0.2) is 0 Å². The first-order chi connectivity index (χ1) is 16.2. The number of benzene rings is 1. The number of piperidine rings is 1. The van der Waals surface area contributed by atoms with Crippen LogP contribution >= 0.6 is 0 Å². The molecule has 0 aromatic heterocycles. The van der Waals surface area contributed by atoms with Crippen molar-refractivity contribution >= 4 is 12.0 Å². The van der Waals surface area contributed by atoms with Crippen molar-refractivity contribution in [2.24, 2.45) is 5.92 Å². The second kappa shape index (κ2) is 11.8. The number of aliphatic hydroxyl groups is 1. The van der Waals surface area contributed by atoms with Gasteiger partial charge in [-0.3, -0.25) is 14.5 Å². The Morgan fingerprint density at radius 1 is 1.24 bits per heavy atom. The molecule has 1 aliphatic heterocycles. The number of aliphatic hydroxyl groups excluding tert-OH is 1. The van der Waals surface area contributed by atoms with Gasteiger partial charge in [0, 0.05) is 26.6 Å². The van der Waals surface area contributed by atoms with Gasteiger partial charge in [-0.05, 0) is 57.9 Å². The number of alkyl carbamates (subject to hydrolysis) is 1. The summed E-state index contributed by atoms with van der Waals surface area (Å²) in [6.45, 7) is 6.44. The van der Waals surface area contributed by atoms with Gasteiger partial charge in [-0.15, -0.1) is 0 Å². The molecule has 34 heavy (non-hydrogen) atoms. The van der Waals surface area contributed by atoms with E-state index in [1.54, 1.807) is 0 Å². The standard InChI is InChI=1S/C26H39N3O5/c1-26(2,3)34-28-24(31)21-15-19-12-8-9-13-20(19)16-29(21)17-22(30)23(33-25(32)27-4)14-18-10-6-5-7-11-18/h5-7,10-11,13,19,21-23,30H,8-9,12,14-17H2,1-4H3,(H,27,32)(H,28,31)/t19-,21-,22+,23-/m0/s1. The Labute approximate surface area is 202 Å². The summed E-state index contributed by atoms with van der Waals surface area (Å²) >= 11 is 0. The fourth-order valence-corrected chi connectivity index (χ4v) is 4.62. The number of rotatable bonds is 8. The van der Waals surface area contributed by atoms with Crippen LogP contribution in [0.25, 0.3) is 0 Å². The molecule has 2 amide bonds. The van der Waals surface area contributed by atoms with Crippen molar-refractivity contribution in [2.45, 2.75) is 76.7 Å². The lowest BCUT2D eigenvalue weighted by molar-refractivity contribution is -0.153. The van der Waals surface area contributed by atoms with Gasteiger partial charge in [0.25, 0.3) is 5.91 Å². The highest BCUT2D eigenvalue weighted by atomic mass is 16.7. The van der Waals surface area contributed by atoms with Crippen molar-refractivity contribution in [1.29, 1.82) is 0 Å². The predicted molar refractivity (Wildman–Crippen MR) is 130 cm³/mol. The lowest BCUT2D eigenvalue weighted by Gasteiger charge is -2.43. The first-order valence-electron chi connectivity index (χ1n) is 12.2. The zero-order valence-electron chi connectivity index (χ0n) is 20.8. The van der Waals surface area contributed by atoms with Gasteiger partial charge >= 0.3 is 6.09 Å². The highest BCUT2D eigenvalue weighted by Crippen LogP contribution is 2.35. The number of hydrogen-bond acceptors (Lipinski definition) is 6. The van der Waals surface area contributed by atoms with Crippen LogP contribution in [0.5, 0.6) is 0 Å². The monoisotopic (exact) mass is 473 g/mol. The van der Waals surface area contributed by atoms with Gasteiger partial charge in [0.05, 0.1) is 11.6 Å². The summed E-state index contributed by atoms with van der Waals surface area (Å²) in [6.07, 6.45) is 4.24. The molecule has 1 saturated heterocycles. The zero-order valence-corrected chi connectivity index (χ0v) is 20.8. The number of allylic oxidation sites excluding steroid dienone is 1. The maximum Gasteiger partial charge on any atom is 0.407 e. The molecule has 1 aromatic carbocycles. The molecule has 188 valence electrons. The minimum absolute atomic E-state index is 0.201. The molecule has 0 spiro atoms. The maximum absolute atomic E-state index is 13.1. The number of amides is 2. The van der Waals surface area contributed by atoms with E-state index in [0.717, 1.165) is 24.8 Å². The fourth-order valence-electron chi connectivity index (χ4n) is 4.62. The SMILES string of the molecule is CNC(=O)O[C@@H](Cc1ccccc1)[C@H](O)CN1CC2=CCCC[C@H]2C[C@H]1C(=O)NOC(C)(C)C. The molecule has 3 N–H and O–H groups in total. The Morgan fingerprint density at radius 2 is 1.97 bits per heavy atom. The van der Waals surface area contributed by atoms with Crippen LogP contribution in [-0.4, -0.2) is 66.0 Å². The van der Waals surface area contributed by atoms with E-state index in [2.05, 4.69) is 16.9 Å².